The predicted octanol–water partition coefficient (Wildman–Crippen LogP) is 4.75. The molecule has 9 nitrogen and oxygen atoms in total. The van der Waals surface area contributed by atoms with Gasteiger partial charge in [0.15, 0.2) is 27.8 Å². The highest BCUT2D eigenvalue weighted by atomic mass is 35.5. The van der Waals surface area contributed by atoms with Crippen molar-refractivity contribution in [3.8, 4) is 23.0 Å². The molecule has 1 aliphatic rings. The van der Waals surface area contributed by atoms with Gasteiger partial charge in [0.2, 0.25) is 0 Å². The van der Waals surface area contributed by atoms with Gasteiger partial charge in [0.25, 0.3) is 5.56 Å². The lowest BCUT2D eigenvalue weighted by Crippen LogP contribution is -2.40. The van der Waals surface area contributed by atoms with Crippen LogP contribution in [0, 0.1) is 0 Å². The second kappa shape index (κ2) is 12.8. The highest BCUT2D eigenvalue weighted by molar-refractivity contribution is 7.07. The number of phenolic OH excluding ortho intramolecular Hbond substituents is 1. The molecule has 5 rings (SSSR count). The normalized spacial score (nSPS) is 14.6. The van der Waals surface area contributed by atoms with Gasteiger partial charge in [-0.25, -0.2) is 9.79 Å². The van der Waals surface area contributed by atoms with Gasteiger partial charge in [0.1, 0.15) is 6.61 Å². The maximum atomic E-state index is 14.0. The first kappa shape index (κ1) is 29.9. The number of fused-ring (bicyclic) bond motifs is 1. The van der Waals surface area contributed by atoms with Gasteiger partial charge in [-0.3, -0.25) is 9.36 Å². The molecule has 3 aromatic carbocycles. The molecule has 4 aromatic rings. The van der Waals surface area contributed by atoms with E-state index < -0.39 is 12.0 Å². The molecular weight excluding hydrogens is 592 g/mol. The first-order chi connectivity index (χ1) is 20.7. The van der Waals surface area contributed by atoms with Crippen LogP contribution in [0.5, 0.6) is 23.0 Å². The Balaban J connectivity index is 1.60. The Labute approximate surface area is 256 Å². The van der Waals surface area contributed by atoms with Gasteiger partial charge in [0, 0.05) is 0 Å². The van der Waals surface area contributed by atoms with Gasteiger partial charge in [-0.2, -0.15) is 0 Å². The lowest BCUT2D eigenvalue weighted by Gasteiger charge is -2.25. The minimum atomic E-state index is -0.923. The molecule has 2 heterocycles. The summed E-state index contributed by atoms with van der Waals surface area (Å²) in [4.78, 5) is 32.1. The summed E-state index contributed by atoms with van der Waals surface area (Å²) in [5.74, 6) is 0.328. The second-order valence-electron chi connectivity index (χ2n) is 9.54. The third-order valence-electron chi connectivity index (χ3n) is 6.83. The summed E-state index contributed by atoms with van der Waals surface area (Å²) in [5, 5.41) is 10.3. The van der Waals surface area contributed by atoms with Gasteiger partial charge < -0.3 is 24.1 Å². The van der Waals surface area contributed by atoms with E-state index in [2.05, 4.69) is 4.99 Å². The zero-order valence-electron chi connectivity index (χ0n) is 23.9. The molecule has 0 aliphatic carbocycles. The fourth-order valence-electron chi connectivity index (χ4n) is 4.79. The zero-order chi connectivity index (χ0) is 30.7. The molecule has 1 unspecified atom stereocenters. The molecule has 0 spiro atoms. The summed E-state index contributed by atoms with van der Waals surface area (Å²) >= 11 is 7.51. The highest BCUT2D eigenvalue weighted by Crippen LogP contribution is 2.40. The molecule has 0 saturated heterocycles. The van der Waals surface area contributed by atoms with Crippen molar-refractivity contribution >= 4 is 35.0 Å². The number of phenols is 1. The van der Waals surface area contributed by atoms with Crippen LogP contribution < -0.4 is 29.1 Å². The summed E-state index contributed by atoms with van der Waals surface area (Å²) < 4.78 is 24.0. The molecule has 0 amide bonds. The van der Waals surface area contributed by atoms with E-state index in [1.54, 1.807) is 45.2 Å². The van der Waals surface area contributed by atoms with Crippen LogP contribution in [-0.2, 0) is 16.1 Å². The van der Waals surface area contributed by atoms with Crippen molar-refractivity contribution in [3.63, 3.8) is 0 Å². The molecule has 1 atom stereocenters. The zero-order valence-corrected chi connectivity index (χ0v) is 25.5. The van der Waals surface area contributed by atoms with Crippen molar-refractivity contribution in [3.05, 3.63) is 113 Å². The molecule has 0 bridgehead atoms. The second-order valence-corrected chi connectivity index (χ2v) is 11.0. The quantitative estimate of drug-likeness (QED) is 0.269. The number of ether oxygens (including phenoxy) is 4. The fraction of sp³-hybridized carbons (Fsp3) is 0.219. The highest BCUT2D eigenvalue weighted by Gasteiger charge is 2.34. The van der Waals surface area contributed by atoms with E-state index in [0.29, 0.717) is 44.3 Å². The number of esters is 1. The fourth-order valence-corrected chi connectivity index (χ4v) is 6.06. The van der Waals surface area contributed by atoms with Gasteiger partial charge in [-0.05, 0) is 60.9 Å². The Kier molecular flexibility index (Phi) is 8.89. The van der Waals surface area contributed by atoms with Crippen LogP contribution in [0.4, 0.5) is 0 Å². The maximum absolute atomic E-state index is 14.0. The monoisotopic (exact) mass is 620 g/mol. The van der Waals surface area contributed by atoms with Gasteiger partial charge in [-0.15, -0.1) is 0 Å². The third kappa shape index (κ3) is 6.02. The summed E-state index contributed by atoms with van der Waals surface area (Å²) in [6.45, 7) is 3.90. The summed E-state index contributed by atoms with van der Waals surface area (Å²) in [6.07, 6.45) is 1.73. The average molecular weight is 621 g/mol. The molecule has 1 aromatic heterocycles. The van der Waals surface area contributed by atoms with Crippen molar-refractivity contribution in [2.45, 2.75) is 26.5 Å². The Bertz CT molecular complexity index is 1900. The number of hydrogen-bond donors (Lipinski definition) is 1. The SMILES string of the molecule is CCOC(=O)C1=C(C)N=c2sc(=Cc3ccc(OCc4ccccc4)c(OC)c3)c(=O)n2C1c1cc(Cl)c(O)c(OC)c1. The Morgan fingerprint density at radius 2 is 1.81 bits per heavy atom. The van der Waals surface area contributed by atoms with Gasteiger partial charge in [0.05, 0.1) is 47.7 Å². The number of allylic oxidation sites excluding steroid dienone is 1. The minimum Gasteiger partial charge on any atom is -0.503 e. The van der Waals surface area contributed by atoms with E-state index in [4.69, 9.17) is 30.5 Å². The van der Waals surface area contributed by atoms with E-state index >= 15 is 0 Å². The topological polar surface area (TPSA) is 109 Å². The summed E-state index contributed by atoms with van der Waals surface area (Å²) in [6, 6.07) is 17.3. The van der Waals surface area contributed by atoms with Crippen LogP contribution in [-0.4, -0.2) is 36.5 Å². The van der Waals surface area contributed by atoms with Crippen LogP contribution in [0.15, 0.2) is 81.7 Å². The van der Waals surface area contributed by atoms with Crippen molar-refractivity contribution in [1.82, 2.24) is 4.57 Å². The van der Waals surface area contributed by atoms with Gasteiger partial charge >= 0.3 is 5.97 Å². The number of carbonyl (C=O) groups excluding carboxylic acids is 1. The first-order valence-corrected chi connectivity index (χ1v) is 14.6. The third-order valence-corrected chi connectivity index (χ3v) is 8.10. The van der Waals surface area contributed by atoms with E-state index in [1.165, 1.54) is 29.1 Å². The number of thiazole rings is 1. The predicted molar refractivity (Wildman–Crippen MR) is 164 cm³/mol. The number of aromatic hydroxyl groups is 1. The molecule has 1 N–H and O–H groups in total. The Morgan fingerprint density at radius 1 is 1.07 bits per heavy atom. The smallest absolute Gasteiger partial charge is 0.338 e. The molecule has 0 radical (unpaired) electrons. The lowest BCUT2D eigenvalue weighted by atomic mass is 9.95. The standard InChI is InChI=1S/C32H29ClN2O7S/c1-5-41-31(38)27-18(2)34-32-35(28(27)21-15-22(33)29(36)25(16-21)40-4)30(37)26(43-32)14-20-11-12-23(24(13-20)39-3)42-17-19-9-7-6-8-10-19/h6-16,28,36H,5,17H2,1-4H3. The largest absolute Gasteiger partial charge is 0.503 e. The number of halogens is 1. The number of benzene rings is 3. The first-order valence-electron chi connectivity index (χ1n) is 13.4. The molecule has 43 heavy (non-hydrogen) atoms. The number of rotatable bonds is 9. The molecule has 0 saturated carbocycles. The molecule has 0 fully saturated rings. The van der Waals surface area contributed by atoms with Crippen molar-refractivity contribution < 1.29 is 28.8 Å². The number of hydrogen-bond acceptors (Lipinski definition) is 9. The number of carbonyl (C=O) groups is 1. The lowest BCUT2D eigenvalue weighted by molar-refractivity contribution is -0.139. The van der Waals surface area contributed by atoms with Crippen LogP contribution >= 0.6 is 22.9 Å². The van der Waals surface area contributed by atoms with Crippen LogP contribution in [0.25, 0.3) is 6.08 Å². The Hall–Kier alpha value is -4.54. The minimum absolute atomic E-state index is 0.0102. The van der Waals surface area contributed by atoms with Crippen molar-refractivity contribution in [2.24, 2.45) is 4.99 Å². The average Bonchev–Trinajstić information content (AvgIpc) is 3.31. The summed E-state index contributed by atoms with van der Waals surface area (Å²) in [7, 11) is 2.94. The number of methoxy groups -OCH3 is 2. The maximum Gasteiger partial charge on any atom is 0.338 e. The van der Waals surface area contributed by atoms with E-state index in [1.807, 2.05) is 36.4 Å². The number of aromatic nitrogens is 1. The molecule has 11 heteroatoms. The van der Waals surface area contributed by atoms with E-state index in [0.717, 1.165) is 5.56 Å². The van der Waals surface area contributed by atoms with Crippen molar-refractivity contribution in [1.29, 1.82) is 0 Å². The molecule has 222 valence electrons. The van der Waals surface area contributed by atoms with Crippen LogP contribution in [0.2, 0.25) is 5.02 Å². The van der Waals surface area contributed by atoms with Crippen LogP contribution in [0.3, 0.4) is 0 Å². The Morgan fingerprint density at radius 3 is 2.51 bits per heavy atom. The van der Waals surface area contributed by atoms with Crippen molar-refractivity contribution in [2.75, 3.05) is 20.8 Å². The molecular formula is C32H29ClN2O7S. The van der Waals surface area contributed by atoms with Crippen LogP contribution in [0.1, 0.15) is 36.6 Å². The number of nitrogens with zero attached hydrogens (tertiary/aromatic N) is 2. The van der Waals surface area contributed by atoms with Gasteiger partial charge in [-0.1, -0.05) is 59.3 Å². The van der Waals surface area contributed by atoms with E-state index in [9.17, 15) is 14.7 Å². The molecule has 1 aliphatic heterocycles. The van der Waals surface area contributed by atoms with E-state index in [-0.39, 0.29) is 34.3 Å². The summed E-state index contributed by atoms with van der Waals surface area (Å²) in [5.41, 5.74) is 2.41.